The zero-order chi connectivity index (χ0) is 14.8. The zero-order valence-electron chi connectivity index (χ0n) is 11.2. The van der Waals surface area contributed by atoms with Crippen LogP contribution in [0, 0.1) is 6.92 Å². The van der Waals surface area contributed by atoms with E-state index in [1.54, 1.807) is 16.8 Å². The van der Waals surface area contributed by atoms with Crippen molar-refractivity contribution in [2.45, 2.75) is 6.92 Å². The third kappa shape index (κ3) is 2.80. The quantitative estimate of drug-likeness (QED) is 0.781. The molecule has 6 nitrogen and oxygen atoms in total. The first-order chi connectivity index (χ1) is 10.1. The number of amides is 1. The van der Waals surface area contributed by atoms with Crippen molar-refractivity contribution in [3.05, 3.63) is 59.1 Å². The number of benzene rings is 1. The fourth-order valence-electron chi connectivity index (χ4n) is 1.88. The Bertz CT molecular complexity index is 775. The number of rotatable bonds is 3. The Kier molecular flexibility index (Phi) is 3.45. The largest absolute Gasteiger partial charge is 0.321 e. The van der Waals surface area contributed by atoms with Crippen LogP contribution in [0.1, 0.15) is 16.2 Å². The molecule has 0 aliphatic rings. The van der Waals surface area contributed by atoms with Crippen LogP contribution in [0.15, 0.2) is 42.7 Å². The van der Waals surface area contributed by atoms with E-state index >= 15 is 0 Å². The molecule has 3 aromatic rings. The van der Waals surface area contributed by atoms with Crippen molar-refractivity contribution in [3.63, 3.8) is 0 Å². The van der Waals surface area contributed by atoms with Crippen molar-refractivity contribution in [2.24, 2.45) is 0 Å². The van der Waals surface area contributed by atoms with E-state index in [0.29, 0.717) is 5.69 Å². The summed E-state index contributed by atoms with van der Waals surface area (Å²) < 4.78 is 1.77. The Hall–Kier alpha value is -2.60. The average Bonchev–Trinajstić information content (AvgIpc) is 3.08. The topological polar surface area (TPSA) is 75.6 Å². The highest BCUT2D eigenvalue weighted by atomic mass is 35.5. The maximum absolute atomic E-state index is 12.0. The third-order valence-electron chi connectivity index (χ3n) is 2.93. The Morgan fingerprint density at radius 3 is 2.62 bits per heavy atom. The highest BCUT2D eigenvalue weighted by Crippen LogP contribution is 2.16. The van der Waals surface area contributed by atoms with Crippen molar-refractivity contribution in [1.82, 2.24) is 20.0 Å². The number of halogens is 1. The van der Waals surface area contributed by atoms with E-state index < -0.39 is 0 Å². The van der Waals surface area contributed by atoms with Crippen LogP contribution in [0.3, 0.4) is 0 Å². The van der Waals surface area contributed by atoms with Crippen molar-refractivity contribution in [3.8, 4) is 5.69 Å². The average molecular weight is 302 g/mol. The molecule has 0 aliphatic heterocycles. The number of anilines is 1. The molecule has 1 amide bonds. The smallest absolute Gasteiger partial charge is 0.275 e. The summed E-state index contributed by atoms with van der Waals surface area (Å²) in [5, 5.41) is 13.6. The summed E-state index contributed by atoms with van der Waals surface area (Å²) in [6.45, 7) is 1.93. The molecule has 0 spiro atoms. The van der Waals surface area contributed by atoms with Crippen molar-refractivity contribution in [2.75, 3.05) is 5.32 Å². The fraction of sp³-hybridized carbons (Fsp3) is 0.0714. The molecular formula is C14H12ClN5O. The van der Waals surface area contributed by atoms with Crippen molar-refractivity contribution >= 4 is 23.2 Å². The molecule has 0 saturated heterocycles. The number of H-pyrrole nitrogens is 1. The first kappa shape index (κ1) is 13.4. The molecule has 2 heterocycles. The van der Waals surface area contributed by atoms with Crippen molar-refractivity contribution < 1.29 is 4.79 Å². The van der Waals surface area contributed by atoms with Gasteiger partial charge in [0.25, 0.3) is 5.91 Å². The number of nitrogens with zero attached hydrogens (tertiary/aromatic N) is 3. The lowest BCUT2D eigenvalue weighted by molar-refractivity contribution is 0.102. The van der Waals surface area contributed by atoms with Gasteiger partial charge in [0.1, 0.15) is 5.69 Å². The number of carbonyl (C=O) groups is 1. The van der Waals surface area contributed by atoms with Crippen LogP contribution in [-0.2, 0) is 0 Å². The van der Waals surface area contributed by atoms with Gasteiger partial charge in [0.05, 0.1) is 22.6 Å². The normalized spacial score (nSPS) is 10.6. The highest BCUT2D eigenvalue weighted by molar-refractivity contribution is 6.34. The monoisotopic (exact) mass is 301 g/mol. The number of aryl methyl sites for hydroxylation is 1. The van der Waals surface area contributed by atoms with E-state index in [9.17, 15) is 4.79 Å². The summed E-state index contributed by atoms with van der Waals surface area (Å²) in [5.41, 5.74) is 2.77. The van der Waals surface area contributed by atoms with Crippen LogP contribution in [-0.4, -0.2) is 25.9 Å². The van der Waals surface area contributed by atoms with Gasteiger partial charge in [0.2, 0.25) is 0 Å². The zero-order valence-corrected chi connectivity index (χ0v) is 11.9. The minimum atomic E-state index is -0.333. The van der Waals surface area contributed by atoms with Gasteiger partial charge < -0.3 is 5.32 Å². The minimum Gasteiger partial charge on any atom is -0.321 e. The predicted molar refractivity (Wildman–Crippen MR) is 79.9 cm³/mol. The fourth-order valence-corrected chi connectivity index (χ4v) is 2.06. The summed E-state index contributed by atoms with van der Waals surface area (Å²) in [5.74, 6) is -0.333. The van der Waals surface area contributed by atoms with Crippen LogP contribution < -0.4 is 5.32 Å². The molecule has 1 aromatic carbocycles. The number of aromatic nitrogens is 4. The second-order valence-electron chi connectivity index (χ2n) is 4.50. The summed E-state index contributed by atoms with van der Waals surface area (Å²) in [6, 6.07) is 9.27. The minimum absolute atomic E-state index is 0.239. The van der Waals surface area contributed by atoms with Crippen LogP contribution in [0.4, 0.5) is 5.69 Å². The maximum atomic E-state index is 12.0. The van der Waals surface area contributed by atoms with E-state index in [1.807, 2.05) is 31.3 Å². The van der Waals surface area contributed by atoms with Gasteiger partial charge in [-0.2, -0.15) is 10.2 Å². The first-order valence-corrected chi connectivity index (χ1v) is 6.64. The van der Waals surface area contributed by atoms with Crippen LogP contribution >= 0.6 is 11.6 Å². The van der Waals surface area contributed by atoms with Crippen LogP contribution in [0.2, 0.25) is 5.02 Å². The molecule has 0 aliphatic carbocycles. The molecule has 2 aromatic heterocycles. The molecule has 2 N–H and O–H groups in total. The van der Waals surface area contributed by atoms with Gasteiger partial charge >= 0.3 is 0 Å². The summed E-state index contributed by atoms with van der Waals surface area (Å²) in [6.07, 6.45) is 3.27. The molecule has 0 bridgehead atoms. The summed E-state index contributed by atoms with van der Waals surface area (Å²) >= 11 is 5.84. The molecule has 7 heteroatoms. The van der Waals surface area contributed by atoms with Gasteiger partial charge in [0.15, 0.2) is 0 Å². The number of aromatic amines is 1. The Morgan fingerprint density at radius 1 is 1.29 bits per heavy atom. The maximum Gasteiger partial charge on any atom is 0.275 e. The Balaban J connectivity index is 1.76. The lowest BCUT2D eigenvalue weighted by Gasteiger charge is -2.06. The number of carbonyl (C=O) groups excluding carboxylic acids is 1. The van der Waals surface area contributed by atoms with E-state index in [0.717, 1.165) is 11.4 Å². The Labute approximate surface area is 125 Å². The van der Waals surface area contributed by atoms with E-state index in [2.05, 4.69) is 20.6 Å². The van der Waals surface area contributed by atoms with E-state index in [4.69, 9.17) is 11.6 Å². The van der Waals surface area contributed by atoms with Crippen molar-refractivity contribution in [1.29, 1.82) is 0 Å². The summed E-state index contributed by atoms with van der Waals surface area (Å²) in [4.78, 5) is 12.0. The third-order valence-corrected chi connectivity index (χ3v) is 3.22. The van der Waals surface area contributed by atoms with Gasteiger partial charge in [-0.25, -0.2) is 4.68 Å². The molecule has 0 unspecified atom stereocenters. The first-order valence-electron chi connectivity index (χ1n) is 6.26. The lowest BCUT2D eigenvalue weighted by atomic mass is 10.2. The number of hydrogen-bond donors (Lipinski definition) is 2. The number of hydrogen-bond acceptors (Lipinski definition) is 3. The summed E-state index contributed by atoms with van der Waals surface area (Å²) in [7, 11) is 0. The SMILES string of the molecule is Cc1ccn(-c2ccc(NC(=O)c3[nH]ncc3Cl)cc2)n1. The predicted octanol–water partition coefficient (Wildman–Crippen LogP) is 2.81. The molecule has 106 valence electrons. The molecule has 0 saturated carbocycles. The molecular weight excluding hydrogens is 290 g/mol. The standard InChI is InChI=1S/C14H12ClN5O/c1-9-6-7-20(19-9)11-4-2-10(3-5-11)17-14(21)13-12(15)8-16-18-13/h2-8H,1H3,(H,16,18)(H,17,21). The highest BCUT2D eigenvalue weighted by Gasteiger charge is 2.12. The van der Waals surface area contributed by atoms with Crippen LogP contribution in [0.25, 0.3) is 5.69 Å². The van der Waals surface area contributed by atoms with Gasteiger partial charge in [-0.05, 0) is 37.3 Å². The van der Waals surface area contributed by atoms with Gasteiger partial charge in [-0.3, -0.25) is 9.89 Å². The van der Waals surface area contributed by atoms with Gasteiger partial charge in [0, 0.05) is 11.9 Å². The second-order valence-corrected chi connectivity index (χ2v) is 4.90. The molecule has 21 heavy (non-hydrogen) atoms. The van der Waals surface area contributed by atoms with E-state index in [-0.39, 0.29) is 16.6 Å². The number of nitrogens with one attached hydrogen (secondary N) is 2. The van der Waals surface area contributed by atoms with E-state index in [1.165, 1.54) is 6.20 Å². The molecule has 0 fully saturated rings. The Morgan fingerprint density at radius 2 is 2.05 bits per heavy atom. The lowest BCUT2D eigenvalue weighted by Crippen LogP contribution is -2.13. The van der Waals surface area contributed by atoms with Crippen LogP contribution in [0.5, 0.6) is 0 Å². The molecule has 0 radical (unpaired) electrons. The second kappa shape index (κ2) is 5.41. The van der Waals surface area contributed by atoms with Gasteiger partial charge in [-0.15, -0.1) is 0 Å². The molecule has 3 rings (SSSR count). The van der Waals surface area contributed by atoms with Gasteiger partial charge in [-0.1, -0.05) is 11.6 Å². The molecule has 0 atom stereocenters.